The number of nitro benzene ring substituents is 1. The fourth-order valence-electron chi connectivity index (χ4n) is 2.61. The minimum absolute atomic E-state index is 0.0460. The molecule has 0 unspecified atom stereocenters. The second kappa shape index (κ2) is 6.91. The van der Waals surface area contributed by atoms with Crippen molar-refractivity contribution in [3.8, 4) is 0 Å². The number of nitrogens with one attached hydrogen (secondary N) is 1. The number of aryl methyl sites for hydroxylation is 1. The number of sulfonamides is 1. The molecule has 1 aromatic heterocycles. The highest BCUT2D eigenvalue weighted by atomic mass is 35.5. The van der Waals surface area contributed by atoms with Crippen LogP contribution in [0.5, 0.6) is 0 Å². The first-order chi connectivity index (χ1) is 12.6. The Morgan fingerprint density at radius 2 is 1.93 bits per heavy atom. The van der Waals surface area contributed by atoms with Crippen molar-refractivity contribution < 1.29 is 18.1 Å². The van der Waals surface area contributed by atoms with E-state index in [0.29, 0.717) is 16.0 Å². The molecule has 0 fully saturated rings. The Hall–Kier alpha value is -2.49. The SMILES string of the molecule is CC(=O)c1ccc(NS(=O)(=O)c2sc3ccc(Cl)cc3c2C)c([N+](=O)[O-])c1. The van der Waals surface area contributed by atoms with Crippen molar-refractivity contribution >= 4 is 60.2 Å². The molecule has 0 amide bonds. The van der Waals surface area contributed by atoms with Crippen LogP contribution in [0.25, 0.3) is 10.1 Å². The van der Waals surface area contributed by atoms with Gasteiger partial charge in [-0.15, -0.1) is 11.3 Å². The van der Waals surface area contributed by atoms with Gasteiger partial charge in [0, 0.05) is 21.4 Å². The lowest BCUT2D eigenvalue weighted by Gasteiger charge is -2.08. The van der Waals surface area contributed by atoms with Crippen LogP contribution in [0.15, 0.2) is 40.6 Å². The van der Waals surface area contributed by atoms with Crippen LogP contribution in [0.2, 0.25) is 5.02 Å². The normalized spacial score (nSPS) is 11.5. The molecule has 1 heterocycles. The van der Waals surface area contributed by atoms with Gasteiger partial charge in [0.15, 0.2) is 5.78 Å². The summed E-state index contributed by atoms with van der Waals surface area (Å²) in [5.41, 5.74) is -0.0710. The zero-order valence-electron chi connectivity index (χ0n) is 14.1. The molecular weight excluding hydrogens is 412 g/mol. The van der Waals surface area contributed by atoms with E-state index in [9.17, 15) is 23.3 Å². The molecule has 0 saturated carbocycles. The number of nitrogens with zero attached hydrogens (tertiary/aromatic N) is 1. The third kappa shape index (κ3) is 3.66. The molecule has 2 aromatic carbocycles. The number of rotatable bonds is 5. The van der Waals surface area contributed by atoms with Crippen molar-refractivity contribution in [2.24, 2.45) is 0 Å². The van der Waals surface area contributed by atoms with Gasteiger partial charge in [0.05, 0.1) is 4.92 Å². The second-order valence-corrected chi connectivity index (χ2v) is 9.17. The fraction of sp³-hybridized carbons (Fsp3) is 0.118. The molecule has 0 radical (unpaired) electrons. The van der Waals surface area contributed by atoms with E-state index in [1.165, 1.54) is 19.1 Å². The first-order valence-corrected chi connectivity index (χ1v) is 10.3. The van der Waals surface area contributed by atoms with Crippen LogP contribution in [-0.4, -0.2) is 19.1 Å². The monoisotopic (exact) mass is 424 g/mol. The number of Topliss-reactive ketones (excluding diaryl/α,β-unsaturated/α-hetero) is 1. The number of hydrogen-bond donors (Lipinski definition) is 1. The molecule has 140 valence electrons. The zero-order chi connectivity index (χ0) is 19.9. The maximum atomic E-state index is 12.8. The van der Waals surface area contributed by atoms with Crippen molar-refractivity contribution in [2.75, 3.05) is 4.72 Å². The Morgan fingerprint density at radius 1 is 1.22 bits per heavy atom. The van der Waals surface area contributed by atoms with Gasteiger partial charge in [-0.25, -0.2) is 8.42 Å². The van der Waals surface area contributed by atoms with Crippen LogP contribution >= 0.6 is 22.9 Å². The van der Waals surface area contributed by atoms with E-state index in [2.05, 4.69) is 4.72 Å². The smallest absolute Gasteiger partial charge is 0.294 e. The Kier molecular flexibility index (Phi) is 4.94. The van der Waals surface area contributed by atoms with E-state index in [1.807, 2.05) is 0 Å². The van der Waals surface area contributed by atoms with Gasteiger partial charge in [0.25, 0.3) is 15.7 Å². The number of carbonyl (C=O) groups is 1. The number of nitro groups is 1. The Labute approximate surface area is 163 Å². The molecule has 3 aromatic rings. The maximum Gasteiger partial charge on any atom is 0.294 e. The topological polar surface area (TPSA) is 106 Å². The van der Waals surface area contributed by atoms with E-state index in [4.69, 9.17) is 11.6 Å². The van der Waals surface area contributed by atoms with Gasteiger partial charge in [0.1, 0.15) is 9.90 Å². The van der Waals surface area contributed by atoms with Crippen LogP contribution in [0.4, 0.5) is 11.4 Å². The Morgan fingerprint density at radius 3 is 2.56 bits per heavy atom. The summed E-state index contributed by atoms with van der Waals surface area (Å²) < 4.78 is 28.7. The van der Waals surface area contributed by atoms with Crippen LogP contribution < -0.4 is 4.72 Å². The number of thiophene rings is 1. The molecule has 3 rings (SSSR count). The molecule has 0 aliphatic heterocycles. The van der Waals surface area contributed by atoms with Gasteiger partial charge in [-0.05, 0) is 55.1 Å². The molecule has 10 heteroatoms. The quantitative estimate of drug-likeness (QED) is 0.360. The molecule has 7 nitrogen and oxygen atoms in total. The number of halogens is 1. The highest BCUT2D eigenvalue weighted by Crippen LogP contribution is 2.37. The van der Waals surface area contributed by atoms with Gasteiger partial charge in [-0.2, -0.15) is 0 Å². The summed E-state index contributed by atoms with van der Waals surface area (Å²) in [6.07, 6.45) is 0. The molecule has 0 spiro atoms. The molecule has 27 heavy (non-hydrogen) atoms. The number of benzene rings is 2. The second-order valence-electron chi connectivity index (χ2n) is 5.81. The average Bonchev–Trinajstić information content (AvgIpc) is 2.92. The molecular formula is C17H13ClN2O5S2. The summed E-state index contributed by atoms with van der Waals surface area (Å²) in [6, 6.07) is 8.66. The average molecular weight is 425 g/mol. The number of anilines is 1. The van der Waals surface area contributed by atoms with E-state index >= 15 is 0 Å². The lowest BCUT2D eigenvalue weighted by atomic mass is 10.1. The van der Waals surface area contributed by atoms with Crippen LogP contribution in [0, 0.1) is 17.0 Å². The van der Waals surface area contributed by atoms with Gasteiger partial charge in [0.2, 0.25) is 0 Å². The largest absolute Gasteiger partial charge is 0.295 e. The van der Waals surface area contributed by atoms with Crippen LogP contribution in [-0.2, 0) is 10.0 Å². The predicted octanol–water partition coefficient (Wildman–Crippen LogP) is 4.77. The molecule has 1 N–H and O–H groups in total. The van der Waals surface area contributed by atoms with Crippen molar-refractivity contribution in [1.29, 1.82) is 0 Å². The summed E-state index contributed by atoms with van der Waals surface area (Å²) in [4.78, 5) is 22.0. The highest BCUT2D eigenvalue weighted by Gasteiger charge is 2.26. The molecule has 0 aliphatic rings. The Bertz CT molecular complexity index is 1200. The summed E-state index contributed by atoms with van der Waals surface area (Å²) in [7, 11) is -4.07. The Balaban J connectivity index is 2.09. The first-order valence-electron chi connectivity index (χ1n) is 7.61. The first kappa shape index (κ1) is 19.3. The summed E-state index contributed by atoms with van der Waals surface area (Å²) in [5.74, 6) is -0.357. The van der Waals surface area contributed by atoms with Crippen LogP contribution in [0.1, 0.15) is 22.8 Å². The van der Waals surface area contributed by atoms with Crippen molar-refractivity contribution in [3.05, 3.63) is 62.7 Å². The van der Waals surface area contributed by atoms with Gasteiger partial charge < -0.3 is 0 Å². The molecule has 0 saturated heterocycles. The zero-order valence-corrected chi connectivity index (χ0v) is 16.5. The number of ketones is 1. The fourth-order valence-corrected chi connectivity index (χ4v) is 5.60. The third-order valence-corrected chi connectivity index (χ3v) is 7.44. The van der Waals surface area contributed by atoms with E-state index in [1.54, 1.807) is 25.1 Å². The van der Waals surface area contributed by atoms with Crippen LogP contribution in [0.3, 0.4) is 0 Å². The van der Waals surface area contributed by atoms with Crippen molar-refractivity contribution in [3.63, 3.8) is 0 Å². The van der Waals surface area contributed by atoms with E-state index < -0.39 is 20.6 Å². The standard InChI is InChI=1S/C17H13ClN2O5S2/c1-9-13-8-12(18)4-6-16(13)26-17(9)27(24,25)19-14-5-3-11(10(2)21)7-15(14)20(22)23/h3-8,19H,1-2H3. The van der Waals surface area contributed by atoms with Crippen molar-refractivity contribution in [2.45, 2.75) is 18.1 Å². The summed E-state index contributed by atoms with van der Waals surface area (Å²) >= 11 is 7.02. The minimum Gasteiger partial charge on any atom is -0.295 e. The predicted molar refractivity (Wildman–Crippen MR) is 105 cm³/mol. The highest BCUT2D eigenvalue weighted by molar-refractivity contribution is 7.95. The van der Waals surface area contributed by atoms with Crippen molar-refractivity contribution in [1.82, 2.24) is 0 Å². The van der Waals surface area contributed by atoms with E-state index in [0.717, 1.165) is 22.1 Å². The maximum absolute atomic E-state index is 12.8. The molecule has 0 bridgehead atoms. The lowest BCUT2D eigenvalue weighted by molar-refractivity contribution is -0.383. The number of fused-ring (bicyclic) bond motifs is 1. The minimum atomic E-state index is -4.07. The molecule has 0 aliphatic carbocycles. The molecule has 0 atom stereocenters. The number of carbonyl (C=O) groups excluding carboxylic acids is 1. The summed E-state index contributed by atoms with van der Waals surface area (Å²) in [5, 5.41) is 12.5. The number of hydrogen-bond acceptors (Lipinski definition) is 6. The van der Waals surface area contributed by atoms with Gasteiger partial charge >= 0.3 is 0 Å². The van der Waals surface area contributed by atoms with E-state index in [-0.39, 0.29) is 21.2 Å². The van der Waals surface area contributed by atoms with Gasteiger partial charge in [-0.3, -0.25) is 19.6 Å². The van der Waals surface area contributed by atoms with Gasteiger partial charge in [-0.1, -0.05) is 11.6 Å². The third-order valence-electron chi connectivity index (χ3n) is 3.94. The summed E-state index contributed by atoms with van der Waals surface area (Å²) in [6.45, 7) is 2.92. The lowest BCUT2D eigenvalue weighted by Crippen LogP contribution is -2.14.